The van der Waals surface area contributed by atoms with Gasteiger partial charge in [-0.25, -0.2) is 8.42 Å². The average Bonchev–Trinajstić information content (AvgIpc) is 3.36. The predicted molar refractivity (Wildman–Crippen MR) is 112 cm³/mol. The number of rotatable bonds is 8. The maximum atomic E-state index is 13.1. The monoisotopic (exact) mass is 434 g/mol. The van der Waals surface area contributed by atoms with Gasteiger partial charge in [0.1, 0.15) is 6.04 Å². The van der Waals surface area contributed by atoms with Crippen LogP contribution in [0.15, 0.2) is 52.4 Å². The minimum atomic E-state index is -3.67. The fourth-order valence-electron chi connectivity index (χ4n) is 2.98. The van der Waals surface area contributed by atoms with Crippen molar-refractivity contribution in [3.63, 3.8) is 0 Å². The van der Waals surface area contributed by atoms with E-state index in [1.54, 1.807) is 44.3 Å². The van der Waals surface area contributed by atoms with Crippen LogP contribution >= 0.6 is 11.3 Å². The van der Waals surface area contributed by atoms with Crippen LogP contribution in [0.5, 0.6) is 0 Å². The van der Waals surface area contributed by atoms with E-state index in [-0.39, 0.29) is 18.3 Å². The first-order valence-electron chi connectivity index (χ1n) is 8.97. The fraction of sp³-hybridized carbons (Fsp3) is 0.316. The molecular weight excluding hydrogens is 412 g/mol. The molecule has 154 valence electrons. The van der Waals surface area contributed by atoms with Crippen molar-refractivity contribution in [1.29, 1.82) is 0 Å². The fourth-order valence-corrected chi connectivity index (χ4v) is 4.83. The number of aromatic nitrogens is 2. The van der Waals surface area contributed by atoms with Crippen LogP contribution in [-0.4, -0.2) is 48.7 Å². The molecule has 0 aliphatic heterocycles. The Balaban J connectivity index is 1.80. The van der Waals surface area contributed by atoms with E-state index in [9.17, 15) is 13.2 Å². The van der Waals surface area contributed by atoms with E-state index in [2.05, 4.69) is 10.1 Å². The first kappa shape index (κ1) is 21.0. The Morgan fingerprint density at radius 1 is 1.21 bits per heavy atom. The summed E-state index contributed by atoms with van der Waals surface area (Å²) in [5, 5.41) is 5.85. The lowest BCUT2D eigenvalue weighted by Gasteiger charge is -2.32. The van der Waals surface area contributed by atoms with Crippen LogP contribution in [0.4, 0.5) is 5.69 Å². The van der Waals surface area contributed by atoms with Crippen LogP contribution in [0.2, 0.25) is 0 Å². The lowest BCUT2D eigenvalue weighted by Crippen LogP contribution is -2.49. The normalized spacial score (nSPS) is 12.5. The van der Waals surface area contributed by atoms with E-state index in [1.165, 1.54) is 16.2 Å². The first-order valence-corrected chi connectivity index (χ1v) is 11.7. The summed E-state index contributed by atoms with van der Waals surface area (Å²) < 4.78 is 31.4. The number of benzene rings is 1. The Hall–Kier alpha value is -2.72. The van der Waals surface area contributed by atoms with Gasteiger partial charge >= 0.3 is 0 Å². The van der Waals surface area contributed by atoms with Crippen molar-refractivity contribution in [3.8, 4) is 10.7 Å². The molecule has 0 radical (unpaired) electrons. The first-order chi connectivity index (χ1) is 13.8. The Bertz CT molecular complexity index is 1050. The maximum absolute atomic E-state index is 13.1. The van der Waals surface area contributed by atoms with Gasteiger partial charge in [0.25, 0.3) is 0 Å². The molecule has 1 amide bonds. The third kappa shape index (κ3) is 4.83. The summed E-state index contributed by atoms with van der Waals surface area (Å²) in [5.74, 6) is 0.396. The van der Waals surface area contributed by atoms with E-state index in [0.29, 0.717) is 17.9 Å². The van der Waals surface area contributed by atoms with Gasteiger partial charge < -0.3 is 9.42 Å². The summed E-state index contributed by atoms with van der Waals surface area (Å²) in [6.07, 6.45) is 1.41. The van der Waals surface area contributed by atoms with Crippen LogP contribution in [0.1, 0.15) is 19.2 Å². The summed E-state index contributed by atoms with van der Waals surface area (Å²) in [4.78, 5) is 19.7. The lowest BCUT2D eigenvalue weighted by atomic mass is 10.1. The number of carbonyl (C=O) groups excluding carboxylic acids is 1. The van der Waals surface area contributed by atoms with Gasteiger partial charge in [-0.05, 0) is 30.0 Å². The van der Waals surface area contributed by atoms with Gasteiger partial charge in [-0.1, -0.05) is 36.3 Å². The van der Waals surface area contributed by atoms with E-state index in [1.807, 2.05) is 17.5 Å². The third-order valence-electron chi connectivity index (χ3n) is 4.28. The molecule has 0 bridgehead atoms. The summed E-state index contributed by atoms with van der Waals surface area (Å²) in [5.41, 5.74) is 0.446. The number of carbonyl (C=O) groups is 1. The minimum Gasteiger partial charge on any atom is -0.337 e. The Morgan fingerprint density at radius 3 is 2.52 bits per heavy atom. The zero-order chi connectivity index (χ0) is 21.0. The number of thiophene rings is 1. The highest BCUT2D eigenvalue weighted by molar-refractivity contribution is 7.92. The molecule has 0 saturated heterocycles. The SMILES string of the molecule is CC[C@H](C(=O)N(C)Cc1nc(-c2cccs2)no1)N(c1ccccc1)S(C)(=O)=O. The second-order valence-electron chi connectivity index (χ2n) is 6.50. The quantitative estimate of drug-likeness (QED) is 0.541. The predicted octanol–water partition coefficient (Wildman–Crippen LogP) is 3.00. The van der Waals surface area contributed by atoms with E-state index >= 15 is 0 Å². The Morgan fingerprint density at radius 2 is 1.93 bits per heavy atom. The molecule has 1 aromatic carbocycles. The van der Waals surface area contributed by atoms with Crippen molar-refractivity contribution in [2.24, 2.45) is 0 Å². The highest BCUT2D eigenvalue weighted by atomic mass is 32.2. The number of para-hydroxylation sites is 1. The maximum Gasteiger partial charge on any atom is 0.246 e. The van der Waals surface area contributed by atoms with Crippen molar-refractivity contribution in [3.05, 3.63) is 53.7 Å². The van der Waals surface area contributed by atoms with Crippen molar-refractivity contribution in [1.82, 2.24) is 15.0 Å². The number of likely N-dealkylation sites (N-methyl/N-ethyl adjacent to an activating group) is 1. The van der Waals surface area contributed by atoms with Gasteiger partial charge in [-0.2, -0.15) is 4.98 Å². The summed E-state index contributed by atoms with van der Waals surface area (Å²) in [7, 11) is -2.08. The van der Waals surface area contributed by atoms with Crippen molar-refractivity contribution in [2.45, 2.75) is 25.9 Å². The molecule has 0 aliphatic carbocycles. The van der Waals surface area contributed by atoms with Crippen LogP contribution in [0.25, 0.3) is 10.7 Å². The number of amides is 1. The van der Waals surface area contributed by atoms with Crippen molar-refractivity contribution < 1.29 is 17.7 Å². The van der Waals surface area contributed by atoms with E-state index in [4.69, 9.17) is 4.52 Å². The molecule has 29 heavy (non-hydrogen) atoms. The average molecular weight is 435 g/mol. The summed E-state index contributed by atoms with van der Waals surface area (Å²) in [6, 6.07) is 11.5. The third-order valence-corrected chi connectivity index (χ3v) is 6.33. The molecule has 0 fully saturated rings. The largest absolute Gasteiger partial charge is 0.337 e. The van der Waals surface area contributed by atoms with Crippen molar-refractivity contribution >= 4 is 33.0 Å². The minimum absolute atomic E-state index is 0.0834. The highest BCUT2D eigenvalue weighted by Gasteiger charge is 2.33. The molecule has 2 aromatic heterocycles. The van der Waals surface area contributed by atoms with Gasteiger partial charge in [0.05, 0.1) is 23.4 Å². The molecule has 0 unspecified atom stereocenters. The second-order valence-corrected chi connectivity index (χ2v) is 9.31. The second kappa shape index (κ2) is 8.75. The zero-order valence-electron chi connectivity index (χ0n) is 16.3. The molecular formula is C19H22N4O4S2. The topological polar surface area (TPSA) is 96.6 Å². The molecule has 3 rings (SSSR count). The van der Waals surface area contributed by atoms with E-state index in [0.717, 1.165) is 15.4 Å². The molecule has 0 aliphatic rings. The number of nitrogens with zero attached hydrogens (tertiary/aromatic N) is 4. The molecule has 0 N–H and O–H groups in total. The zero-order valence-corrected chi connectivity index (χ0v) is 18.0. The lowest BCUT2D eigenvalue weighted by molar-refractivity contribution is -0.132. The van der Waals surface area contributed by atoms with Crippen molar-refractivity contribution in [2.75, 3.05) is 17.6 Å². The van der Waals surface area contributed by atoms with Gasteiger partial charge in [-0.3, -0.25) is 9.10 Å². The molecule has 3 aromatic rings. The number of anilines is 1. The summed E-state index contributed by atoms with van der Waals surface area (Å²) in [6.45, 7) is 1.86. The molecule has 2 heterocycles. The van der Waals surface area contributed by atoms with Crippen LogP contribution in [0, 0.1) is 0 Å². The Labute approximate surface area is 173 Å². The number of sulfonamides is 1. The summed E-state index contributed by atoms with van der Waals surface area (Å²) >= 11 is 1.49. The molecule has 1 atom stereocenters. The van der Waals surface area contributed by atoms with E-state index < -0.39 is 16.1 Å². The molecule has 0 saturated carbocycles. The Kier molecular flexibility index (Phi) is 6.33. The molecule has 8 nitrogen and oxygen atoms in total. The van der Waals surface area contributed by atoms with Gasteiger partial charge in [0.15, 0.2) is 0 Å². The van der Waals surface area contributed by atoms with Crippen LogP contribution in [-0.2, 0) is 21.4 Å². The smallest absolute Gasteiger partial charge is 0.246 e. The highest BCUT2D eigenvalue weighted by Crippen LogP contribution is 2.24. The van der Waals surface area contributed by atoms with Gasteiger partial charge in [0.2, 0.25) is 27.6 Å². The molecule has 0 spiro atoms. The molecule has 10 heteroatoms. The van der Waals surface area contributed by atoms with Crippen LogP contribution in [0.3, 0.4) is 0 Å². The number of hydrogen-bond donors (Lipinski definition) is 0. The van der Waals surface area contributed by atoms with Gasteiger partial charge in [-0.15, -0.1) is 11.3 Å². The van der Waals surface area contributed by atoms with Gasteiger partial charge in [0, 0.05) is 7.05 Å². The standard InChI is InChI=1S/C19H22N4O4S2/c1-4-15(23(29(3,25)26)14-9-6-5-7-10-14)19(24)22(2)13-17-20-18(21-27-17)16-11-8-12-28-16/h5-12,15H,4,13H2,1-3H3/t15-/m1/s1. The number of hydrogen-bond acceptors (Lipinski definition) is 7. The van der Waals surface area contributed by atoms with Crippen LogP contribution < -0.4 is 4.31 Å².